The molecular weight excluding hydrogens is 290 g/mol. The molecule has 3 heteroatoms. The van der Waals surface area contributed by atoms with Crippen molar-refractivity contribution >= 4 is 21.8 Å². The normalized spacial score (nSPS) is 12.6. The van der Waals surface area contributed by atoms with Crippen molar-refractivity contribution in [1.29, 1.82) is 0 Å². The van der Waals surface area contributed by atoms with Crippen LogP contribution in [0, 0.1) is 19.8 Å². The lowest BCUT2D eigenvalue weighted by Gasteiger charge is -2.15. The Labute approximate surface area is 118 Å². The molecule has 0 radical (unpaired) electrons. The molecule has 1 unspecified atom stereocenters. The molecule has 0 aliphatic carbocycles. The van der Waals surface area contributed by atoms with Crippen LogP contribution in [-0.2, 0) is 11.2 Å². The van der Waals surface area contributed by atoms with E-state index in [2.05, 4.69) is 53.3 Å². The van der Waals surface area contributed by atoms with Gasteiger partial charge in [-0.05, 0) is 30.9 Å². The van der Waals surface area contributed by atoms with Gasteiger partial charge < -0.3 is 5.32 Å². The molecule has 18 heavy (non-hydrogen) atoms. The summed E-state index contributed by atoms with van der Waals surface area (Å²) in [6.07, 6.45) is 0.464. The number of nitrogens with one attached hydrogen (secondary N) is 1. The summed E-state index contributed by atoms with van der Waals surface area (Å²) in [5, 5.41) is 2.97. The van der Waals surface area contributed by atoms with Crippen LogP contribution >= 0.6 is 15.9 Å². The standard InChI is InChI=1S/C15H22BrNO/c1-10(2)14(16)9-17-15(18)8-13-7-11(3)5-6-12(13)4/h5-7,10,14H,8-9H2,1-4H3,(H,17,18). The minimum Gasteiger partial charge on any atom is -0.355 e. The molecule has 0 aromatic heterocycles. The molecule has 0 saturated heterocycles. The van der Waals surface area contributed by atoms with E-state index in [9.17, 15) is 4.79 Å². The summed E-state index contributed by atoms with van der Waals surface area (Å²) in [4.78, 5) is 12.2. The maximum atomic E-state index is 11.9. The number of hydrogen-bond acceptors (Lipinski definition) is 1. The number of carbonyl (C=O) groups excluding carboxylic acids is 1. The van der Waals surface area contributed by atoms with Crippen LogP contribution in [0.25, 0.3) is 0 Å². The van der Waals surface area contributed by atoms with Gasteiger partial charge in [0.2, 0.25) is 5.91 Å². The van der Waals surface area contributed by atoms with Crippen LogP contribution in [0.2, 0.25) is 0 Å². The van der Waals surface area contributed by atoms with E-state index in [1.165, 1.54) is 11.1 Å². The summed E-state index contributed by atoms with van der Waals surface area (Å²) >= 11 is 3.57. The minimum atomic E-state index is 0.0915. The molecule has 2 nitrogen and oxygen atoms in total. The van der Waals surface area contributed by atoms with Crippen molar-refractivity contribution in [1.82, 2.24) is 5.32 Å². The molecule has 0 bridgehead atoms. The summed E-state index contributed by atoms with van der Waals surface area (Å²) in [7, 11) is 0. The fraction of sp³-hybridized carbons (Fsp3) is 0.533. The predicted molar refractivity (Wildman–Crippen MR) is 80.2 cm³/mol. The van der Waals surface area contributed by atoms with Crippen LogP contribution in [0.5, 0.6) is 0 Å². The molecule has 1 N–H and O–H groups in total. The number of halogens is 1. The second-order valence-electron chi connectivity index (χ2n) is 5.17. The fourth-order valence-electron chi connectivity index (χ4n) is 1.67. The first-order valence-corrected chi connectivity index (χ1v) is 7.28. The van der Waals surface area contributed by atoms with E-state index >= 15 is 0 Å². The van der Waals surface area contributed by atoms with E-state index < -0.39 is 0 Å². The monoisotopic (exact) mass is 311 g/mol. The first-order chi connectivity index (χ1) is 8.40. The van der Waals surface area contributed by atoms with Crippen LogP contribution in [0.3, 0.4) is 0 Å². The largest absolute Gasteiger partial charge is 0.355 e. The second-order valence-corrected chi connectivity index (χ2v) is 6.35. The highest BCUT2D eigenvalue weighted by atomic mass is 79.9. The summed E-state index contributed by atoms with van der Waals surface area (Å²) in [6.45, 7) is 9.05. The van der Waals surface area contributed by atoms with Crippen molar-refractivity contribution in [3.63, 3.8) is 0 Å². The smallest absolute Gasteiger partial charge is 0.224 e. The summed E-state index contributed by atoms with van der Waals surface area (Å²) in [5.74, 6) is 0.611. The number of hydrogen-bond donors (Lipinski definition) is 1. The average molecular weight is 312 g/mol. The zero-order chi connectivity index (χ0) is 13.7. The average Bonchev–Trinajstić information content (AvgIpc) is 2.30. The lowest BCUT2D eigenvalue weighted by molar-refractivity contribution is -0.120. The molecule has 0 fully saturated rings. The topological polar surface area (TPSA) is 29.1 Å². The predicted octanol–water partition coefficient (Wildman–Crippen LogP) is 3.38. The third kappa shape index (κ3) is 4.81. The molecule has 1 aromatic carbocycles. The van der Waals surface area contributed by atoms with Gasteiger partial charge in [-0.15, -0.1) is 0 Å². The van der Waals surface area contributed by atoms with Crippen molar-refractivity contribution in [2.45, 2.75) is 38.9 Å². The quantitative estimate of drug-likeness (QED) is 0.830. The first kappa shape index (κ1) is 15.2. The molecular formula is C15H22BrNO. The molecule has 0 aliphatic heterocycles. The van der Waals surface area contributed by atoms with Gasteiger partial charge in [0, 0.05) is 11.4 Å². The van der Waals surface area contributed by atoms with Crippen molar-refractivity contribution in [2.75, 3.05) is 6.54 Å². The highest BCUT2D eigenvalue weighted by Crippen LogP contribution is 2.12. The number of rotatable bonds is 5. The van der Waals surface area contributed by atoms with Crippen LogP contribution in [0.4, 0.5) is 0 Å². The fourth-order valence-corrected chi connectivity index (χ4v) is 1.84. The zero-order valence-electron chi connectivity index (χ0n) is 11.6. The van der Waals surface area contributed by atoms with Gasteiger partial charge in [-0.2, -0.15) is 0 Å². The Morgan fingerprint density at radius 1 is 1.33 bits per heavy atom. The number of alkyl halides is 1. The van der Waals surface area contributed by atoms with Crippen LogP contribution < -0.4 is 5.32 Å². The lowest BCUT2D eigenvalue weighted by atomic mass is 10.0. The van der Waals surface area contributed by atoms with Crippen LogP contribution in [-0.4, -0.2) is 17.3 Å². The van der Waals surface area contributed by atoms with E-state index in [4.69, 9.17) is 0 Å². The Bertz CT molecular complexity index is 415. The SMILES string of the molecule is Cc1ccc(C)c(CC(=O)NCC(Br)C(C)C)c1. The van der Waals surface area contributed by atoms with Gasteiger partial charge in [0.25, 0.3) is 0 Å². The Hall–Kier alpha value is -0.830. The Balaban J connectivity index is 2.52. The molecule has 0 spiro atoms. The molecule has 0 saturated carbocycles. The third-order valence-electron chi connectivity index (χ3n) is 3.07. The number of carbonyl (C=O) groups is 1. The van der Waals surface area contributed by atoms with Gasteiger partial charge in [-0.1, -0.05) is 53.5 Å². The van der Waals surface area contributed by atoms with Gasteiger partial charge >= 0.3 is 0 Å². The highest BCUT2D eigenvalue weighted by molar-refractivity contribution is 9.09. The summed E-state index contributed by atoms with van der Waals surface area (Å²) in [6, 6.07) is 6.23. The molecule has 1 aromatic rings. The highest BCUT2D eigenvalue weighted by Gasteiger charge is 2.11. The Morgan fingerprint density at radius 3 is 2.61 bits per heavy atom. The Morgan fingerprint density at radius 2 is 2.00 bits per heavy atom. The zero-order valence-corrected chi connectivity index (χ0v) is 13.2. The summed E-state index contributed by atoms with van der Waals surface area (Å²) < 4.78 is 0. The van der Waals surface area contributed by atoms with Crippen molar-refractivity contribution in [3.05, 3.63) is 34.9 Å². The van der Waals surface area contributed by atoms with Gasteiger partial charge in [-0.25, -0.2) is 0 Å². The van der Waals surface area contributed by atoms with Gasteiger partial charge in [0.15, 0.2) is 0 Å². The maximum absolute atomic E-state index is 11.9. The number of aryl methyl sites for hydroxylation is 2. The second kappa shape index (κ2) is 6.93. The van der Waals surface area contributed by atoms with E-state index in [1.807, 2.05) is 13.8 Å². The van der Waals surface area contributed by atoms with E-state index in [-0.39, 0.29) is 5.91 Å². The molecule has 1 rings (SSSR count). The number of amides is 1. The van der Waals surface area contributed by atoms with E-state index in [0.29, 0.717) is 23.7 Å². The molecule has 1 amide bonds. The van der Waals surface area contributed by atoms with Gasteiger partial charge in [0.1, 0.15) is 0 Å². The number of benzene rings is 1. The van der Waals surface area contributed by atoms with Crippen molar-refractivity contribution in [2.24, 2.45) is 5.92 Å². The van der Waals surface area contributed by atoms with Gasteiger partial charge in [0.05, 0.1) is 6.42 Å². The molecule has 1 atom stereocenters. The maximum Gasteiger partial charge on any atom is 0.224 e. The third-order valence-corrected chi connectivity index (χ3v) is 4.45. The van der Waals surface area contributed by atoms with E-state index in [0.717, 1.165) is 5.56 Å². The van der Waals surface area contributed by atoms with Crippen molar-refractivity contribution in [3.8, 4) is 0 Å². The first-order valence-electron chi connectivity index (χ1n) is 6.37. The van der Waals surface area contributed by atoms with Crippen molar-refractivity contribution < 1.29 is 4.79 Å². The molecule has 100 valence electrons. The van der Waals surface area contributed by atoms with Crippen LogP contribution in [0.1, 0.15) is 30.5 Å². The van der Waals surface area contributed by atoms with Crippen LogP contribution in [0.15, 0.2) is 18.2 Å². The molecule has 0 heterocycles. The van der Waals surface area contributed by atoms with Gasteiger partial charge in [-0.3, -0.25) is 4.79 Å². The lowest BCUT2D eigenvalue weighted by Crippen LogP contribution is -2.32. The minimum absolute atomic E-state index is 0.0915. The Kier molecular flexibility index (Phi) is 5.86. The van der Waals surface area contributed by atoms with E-state index in [1.54, 1.807) is 0 Å². The molecule has 0 aliphatic rings. The summed E-state index contributed by atoms with van der Waals surface area (Å²) in [5.41, 5.74) is 3.49.